The van der Waals surface area contributed by atoms with Gasteiger partial charge in [-0.1, -0.05) is 12.1 Å². The molecule has 0 saturated carbocycles. The normalized spacial score (nSPS) is 11.1. The highest BCUT2D eigenvalue weighted by molar-refractivity contribution is 5.70. The average molecular weight is 314 g/mol. The van der Waals surface area contributed by atoms with E-state index in [4.69, 9.17) is 4.74 Å². The fourth-order valence-corrected chi connectivity index (χ4v) is 2.65. The van der Waals surface area contributed by atoms with Crippen LogP contribution in [-0.2, 0) is 20.1 Å². The molecular formula is C16H18N4O3. The second kappa shape index (κ2) is 5.75. The third kappa shape index (κ3) is 2.44. The summed E-state index contributed by atoms with van der Waals surface area (Å²) in [6, 6.07) is 7.61. The lowest BCUT2D eigenvalue weighted by atomic mass is 10.2. The first-order valence-corrected chi connectivity index (χ1v) is 7.34. The number of fused-ring (bicyclic) bond motifs is 1. The summed E-state index contributed by atoms with van der Waals surface area (Å²) in [5.74, 6) is 0.778. The van der Waals surface area contributed by atoms with E-state index in [0.29, 0.717) is 24.3 Å². The Morgan fingerprint density at radius 1 is 1.17 bits per heavy atom. The molecule has 0 unspecified atom stereocenters. The molecule has 3 rings (SSSR count). The molecule has 3 aromatic rings. The van der Waals surface area contributed by atoms with Crippen LogP contribution in [0.25, 0.3) is 11.2 Å². The van der Waals surface area contributed by atoms with Gasteiger partial charge in [0.2, 0.25) is 0 Å². The van der Waals surface area contributed by atoms with Crippen molar-refractivity contribution in [2.45, 2.75) is 20.0 Å². The number of nitrogens with zero attached hydrogens (tertiary/aromatic N) is 4. The van der Waals surface area contributed by atoms with Crippen LogP contribution in [0.4, 0.5) is 0 Å². The van der Waals surface area contributed by atoms with E-state index in [0.717, 1.165) is 11.3 Å². The van der Waals surface area contributed by atoms with E-state index < -0.39 is 0 Å². The van der Waals surface area contributed by atoms with Gasteiger partial charge in [-0.2, -0.15) is 0 Å². The summed E-state index contributed by atoms with van der Waals surface area (Å²) >= 11 is 0. The van der Waals surface area contributed by atoms with E-state index in [-0.39, 0.29) is 11.2 Å². The molecule has 0 bridgehead atoms. The fourth-order valence-electron chi connectivity index (χ4n) is 2.65. The summed E-state index contributed by atoms with van der Waals surface area (Å²) in [5.41, 5.74) is 1.20. The molecule has 0 N–H and O–H groups in total. The first-order valence-electron chi connectivity index (χ1n) is 7.34. The zero-order valence-electron chi connectivity index (χ0n) is 13.3. The van der Waals surface area contributed by atoms with Crippen LogP contribution in [0.15, 0.2) is 40.2 Å². The molecule has 0 saturated heterocycles. The summed E-state index contributed by atoms with van der Waals surface area (Å²) in [6.07, 6.45) is 1.59. The third-order valence-corrected chi connectivity index (χ3v) is 3.93. The van der Waals surface area contributed by atoms with E-state index >= 15 is 0 Å². The van der Waals surface area contributed by atoms with Gasteiger partial charge in [-0.05, 0) is 24.6 Å². The van der Waals surface area contributed by atoms with Gasteiger partial charge in [-0.25, -0.2) is 9.78 Å². The van der Waals surface area contributed by atoms with Crippen molar-refractivity contribution in [3.05, 3.63) is 57.0 Å². The second-order valence-corrected chi connectivity index (χ2v) is 5.28. The van der Waals surface area contributed by atoms with Crippen LogP contribution >= 0.6 is 0 Å². The zero-order valence-corrected chi connectivity index (χ0v) is 13.3. The van der Waals surface area contributed by atoms with Crippen LogP contribution in [-0.4, -0.2) is 25.8 Å². The minimum Gasteiger partial charge on any atom is -0.497 e. The molecule has 0 aliphatic heterocycles. The number of benzene rings is 1. The number of aromatic nitrogens is 4. The molecule has 7 nitrogen and oxygen atoms in total. The molecule has 120 valence electrons. The molecule has 2 aromatic heterocycles. The number of aryl methyl sites for hydroxylation is 1. The summed E-state index contributed by atoms with van der Waals surface area (Å²) in [7, 11) is 3.24. The number of ether oxygens (including phenoxy) is 1. The highest BCUT2D eigenvalue weighted by Gasteiger charge is 2.15. The number of methoxy groups -OCH3 is 1. The lowest BCUT2D eigenvalue weighted by Crippen LogP contribution is -2.39. The molecule has 0 atom stereocenters. The molecule has 7 heteroatoms. The number of hydrogen-bond donors (Lipinski definition) is 0. The van der Waals surface area contributed by atoms with Crippen LogP contribution in [0.1, 0.15) is 12.5 Å². The van der Waals surface area contributed by atoms with Crippen LogP contribution < -0.4 is 16.0 Å². The molecular weight excluding hydrogens is 296 g/mol. The Labute approximate surface area is 132 Å². The third-order valence-electron chi connectivity index (χ3n) is 3.93. The van der Waals surface area contributed by atoms with Gasteiger partial charge in [0, 0.05) is 20.1 Å². The van der Waals surface area contributed by atoms with Crippen molar-refractivity contribution < 1.29 is 4.74 Å². The minimum atomic E-state index is -0.348. The first kappa shape index (κ1) is 15.1. The lowest BCUT2D eigenvalue weighted by Gasteiger charge is -2.08. The zero-order chi connectivity index (χ0) is 16.6. The predicted molar refractivity (Wildman–Crippen MR) is 87.0 cm³/mol. The van der Waals surface area contributed by atoms with Crippen LogP contribution in [0.3, 0.4) is 0 Å². The largest absolute Gasteiger partial charge is 0.497 e. The van der Waals surface area contributed by atoms with Crippen molar-refractivity contribution in [2.75, 3.05) is 7.11 Å². The fraction of sp³-hybridized carbons (Fsp3) is 0.312. The van der Waals surface area contributed by atoms with Crippen molar-refractivity contribution in [3.8, 4) is 5.75 Å². The van der Waals surface area contributed by atoms with Crippen molar-refractivity contribution >= 4 is 11.2 Å². The minimum absolute atomic E-state index is 0.309. The van der Waals surface area contributed by atoms with Gasteiger partial charge in [0.1, 0.15) is 5.75 Å². The summed E-state index contributed by atoms with van der Waals surface area (Å²) in [6.45, 7) is 2.60. The van der Waals surface area contributed by atoms with Crippen LogP contribution in [0.2, 0.25) is 0 Å². The highest BCUT2D eigenvalue weighted by atomic mass is 16.5. The molecule has 0 spiro atoms. The summed E-state index contributed by atoms with van der Waals surface area (Å²) in [5, 5.41) is 0. The van der Waals surface area contributed by atoms with Crippen LogP contribution in [0.5, 0.6) is 5.75 Å². The monoisotopic (exact) mass is 314 g/mol. The van der Waals surface area contributed by atoms with Crippen molar-refractivity contribution in [1.82, 2.24) is 18.7 Å². The summed E-state index contributed by atoms with van der Waals surface area (Å²) < 4.78 is 9.54. The Morgan fingerprint density at radius 2 is 1.87 bits per heavy atom. The first-order chi connectivity index (χ1) is 11.1. The molecule has 0 amide bonds. The number of imidazole rings is 1. The van der Waals surface area contributed by atoms with E-state index in [2.05, 4.69) is 4.98 Å². The Kier molecular flexibility index (Phi) is 3.77. The topological polar surface area (TPSA) is 71.0 Å². The molecule has 2 heterocycles. The lowest BCUT2D eigenvalue weighted by molar-refractivity contribution is 0.414. The van der Waals surface area contributed by atoms with Gasteiger partial charge in [0.15, 0.2) is 11.2 Å². The van der Waals surface area contributed by atoms with E-state index in [9.17, 15) is 9.59 Å². The van der Waals surface area contributed by atoms with Gasteiger partial charge >= 0.3 is 5.69 Å². The maximum absolute atomic E-state index is 12.6. The molecule has 0 fully saturated rings. The standard InChI is InChI=1S/C16H18N4O3/c1-4-20-15(21)13-14(18(2)16(20)22)17-10-19(13)9-11-5-7-12(23-3)8-6-11/h5-8,10H,4,9H2,1-3H3. The molecule has 0 radical (unpaired) electrons. The SMILES string of the molecule is CCn1c(=O)c2c(ncn2Cc2ccc(OC)cc2)n(C)c1=O. The second-order valence-electron chi connectivity index (χ2n) is 5.28. The Balaban J connectivity index is 2.13. The molecule has 0 aliphatic carbocycles. The van der Waals surface area contributed by atoms with E-state index in [1.165, 1.54) is 9.13 Å². The maximum atomic E-state index is 12.6. The van der Waals surface area contributed by atoms with Crippen molar-refractivity contribution in [3.63, 3.8) is 0 Å². The maximum Gasteiger partial charge on any atom is 0.332 e. The predicted octanol–water partition coefficient (Wildman–Crippen LogP) is 0.974. The van der Waals surface area contributed by atoms with Gasteiger partial charge in [-0.15, -0.1) is 0 Å². The van der Waals surface area contributed by atoms with Gasteiger partial charge in [-0.3, -0.25) is 13.9 Å². The quantitative estimate of drug-likeness (QED) is 0.719. The number of rotatable bonds is 4. The van der Waals surface area contributed by atoms with Gasteiger partial charge < -0.3 is 9.30 Å². The van der Waals surface area contributed by atoms with Gasteiger partial charge in [0.05, 0.1) is 13.4 Å². The molecule has 0 aliphatic rings. The number of hydrogen-bond acceptors (Lipinski definition) is 4. The van der Waals surface area contributed by atoms with Gasteiger partial charge in [0.25, 0.3) is 5.56 Å². The smallest absolute Gasteiger partial charge is 0.332 e. The Morgan fingerprint density at radius 3 is 2.48 bits per heavy atom. The van der Waals surface area contributed by atoms with E-state index in [1.54, 1.807) is 32.0 Å². The van der Waals surface area contributed by atoms with E-state index in [1.807, 2.05) is 24.3 Å². The molecule has 23 heavy (non-hydrogen) atoms. The Hall–Kier alpha value is -2.83. The highest BCUT2D eigenvalue weighted by Crippen LogP contribution is 2.14. The van der Waals surface area contributed by atoms with Crippen molar-refractivity contribution in [1.29, 1.82) is 0 Å². The Bertz CT molecular complexity index is 964. The summed E-state index contributed by atoms with van der Waals surface area (Å²) in [4.78, 5) is 28.9. The van der Waals surface area contributed by atoms with Crippen molar-refractivity contribution in [2.24, 2.45) is 7.05 Å². The average Bonchev–Trinajstić information content (AvgIpc) is 2.98. The molecule has 1 aromatic carbocycles. The van der Waals surface area contributed by atoms with Crippen LogP contribution in [0, 0.1) is 0 Å².